The second kappa shape index (κ2) is 7.84. The number of nitrogens with one attached hydrogen (secondary N) is 1. The third-order valence-corrected chi connectivity index (χ3v) is 10.1. The summed E-state index contributed by atoms with van der Waals surface area (Å²) in [5.74, 6) is 4.04. The van der Waals surface area contributed by atoms with Gasteiger partial charge in [-0.25, -0.2) is 15.0 Å². The van der Waals surface area contributed by atoms with Crippen molar-refractivity contribution in [3.63, 3.8) is 0 Å². The fraction of sp³-hybridized carbons (Fsp3) is 0.667. The van der Waals surface area contributed by atoms with Crippen LogP contribution in [0, 0.1) is 11.8 Å². The molecule has 0 aromatic carbocycles. The summed E-state index contributed by atoms with van der Waals surface area (Å²) in [7, 11) is -1.09. The monoisotopic (exact) mass is 481 g/mol. The molecule has 9 nitrogen and oxygen atoms in total. The van der Waals surface area contributed by atoms with Crippen LogP contribution in [0.2, 0.25) is 0 Å². The van der Waals surface area contributed by atoms with Crippen LogP contribution in [-0.4, -0.2) is 73.3 Å². The molecule has 3 aliphatic heterocycles. The molecule has 0 radical (unpaired) electrons. The van der Waals surface area contributed by atoms with Gasteiger partial charge in [-0.15, -0.1) is 0 Å². The van der Waals surface area contributed by atoms with Crippen LogP contribution in [0.3, 0.4) is 0 Å². The van der Waals surface area contributed by atoms with Gasteiger partial charge < -0.3 is 20.2 Å². The third-order valence-electron chi connectivity index (χ3n) is 8.52. The number of aryl methyl sites for hydroxylation is 3. The lowest BCUT2D eigenvalue weighted by atomic mass is 9.77. The normalized spacial score (nSPS) is 28.6. The van der Waals surface area contributed by atoms with Crippen LogP contribution in [0.15, 0.2) is 11.1 Å². The minimum absolute atomic E-state index is 0.0716. The Labute approximate surface area is 201 Å². The quantitative estimate of drug-likeness (QED) is 0.654. The van der Waals surface area contributed by atoms with Gasteiger partial charge in [0.15, 0.2) is 0 Å². The van der Waals surface area contributed by atoms with Crippen LogP contribution < -0.4 is 15.1 Å². The minimum atomic E-state index is -1.09. The molecule has 2 aromatic rings. The lowest BCUT2D eigenvalue weighted by molar-refractivity contribution is 0.143. The molecule has 34 heavy (non-hydrogen) atoms. The maximum Gasteiger partial charge on any atom is 0.227 e. The van der Waals surface area contributed by atoms with Crippen molar-refractivity contribution >= 4 is 28.5 Å². The highest BCUT2D eigenvalue weighted by Crippen LogP contribution is 2.40. The van der Waals surface area contributed by atoms with Gasteiger partial charge in [-0.05, 0) is 50.5 Å². The predicted octanol–water partition coefficient (Wildman–Crippen LogP) is 1.32. The molecule has 2 aliphatic carbocycles. The molecule has 0 spiro atoms. The first kappa shape index (κ1) is 21.0. The van der Waals surface area contributed by atoms with E-state index in [9.17, 15) is 9.32 Å². The van der Waals surface area contributed by atoms with Crippen molar-refractivity contribution in [2.75, 3.05) is 53.7 Å². The van der Waals surface area contributed by atoms with E-state index < -0.39 is 10.8 Å². The van der Waals surface area contributed by atoms with E-state index in [1.165, 1.54) is 11.3 Å². The SMILES string of the molecule is O=[S@@]1CCCc2nc(N3CC4CN(c5ncc6c(n5)CC6)CC4C3)nc(NC3(CO)CCC3)c21. The van der Waals surface area contributed by atoms with Gasteiger partial charge >= 0.3 is 0 Å². The minimum Gasteiger partial charge on any atom is -0.394 e. The Morgan fingerprint density at radius 1 is 0.971 bits per heavy atom. The van der Waals surface area contributed by atoms with Gasteiger partial charge in [0.25, 0.3) is 0 Å². The molecular formula is C24H31N7O2S. The summed E-state index contributed by atoms with van der Waals surface area (Å²) in [5.41, 5.74) is 3.10. The van der Waals surface area contributed by atoms with E-state index in [4.69, 9.17) is 15.0 Å². The maximum absolute atomic E-state index is 12.9. The van der Waals surface area contributed by atoms with Gasteiger partial charge in [-0.1, -0.05) is 0 Å². The van der Waals surface area contributed by atoms with Crippen molar-refractivity contribution in [1.82, 2.24) is 19.9 Å². The fourth-order valence-electron chi connectivity index (χ4n) is 6.17. The highest BCUT2D eigenvalue weighted by atomic mass is 32.2. The number of nitrogens with zero attached hydrogens (tertiary/aromatic N) is 6. The van der Waals surface area contributed by atoms with E-state index in [0.717, 1.165) is 93.6 Å². The van der Waals surface area contributed by atoms with E-state index in [1.54, 1.807) is 0 Å². The molecular weight excluding hydrogens is 450 g/mol. The second-order valence-corrected chi connectivity index (χ2v) is 12.2. The summed E-state index contributed by atoms with van der Waals surface area (Å²) < 4.78 is 12.9. The highest BCUT2D eigenvalue weighted by Gasteiger charge is 2.43. The van der Waals surface area contributed by atoms with Gasteiger partial charge in [0.1, 0.15) is 10.7 Å². The largest absolute Gasteiger partial charge is 0.394 e. The first-order valence-corrected chi connectivity index (χ1v) is 14.0. The zero-order valence-electron chi connectivity index (χ0n) is 19.4. The van der Waals surface area contributed by atoms with Crippen molar-refractivity contribution in [3.05, 3.63) is 23.1 Å². The summed E-state index contributed by atoms with van der Waals surface area (Å²) in [6.45, 7) is 3.83. The topological polar surface area (TPSA) is 107 Å². The molecule has 180 valence electrons. The molecule has 0 amide bonds. The van der Waals surface area contributed by atoms with E-state index in [0.29, 0.717) is 23.4 Å². The van der Waals surface area contributed by atoms with E-state index in [1.807, 2.05) is 6.20 Å². The molecule has 0 bridgehead atoms. The molecule has 2 saturated heterocycles. The number of rotatable bonds is 5. The summed E-state index contributed by atoms with van der Waals surface area (Å²) >= 11 is 0. The Bertz CT molecular complexity index is 1150. The first-order valence-electron chi connectivity index (χ1n) is 12.6. The van der Waals surface area contributed by atoms with Crippen molar-refractivity contribution < 1.29 is 9.32 Å². The number of fused-ring (bicyclic) bond motifs is 3. The van der Waals surface area contributed by atoms with Crippen molar-refractivity contribution in [3.8, 4) is 0 Å². The molecule has 2 unspecified atom stereocenters. The number of hydrogen-bond acceptors (Lipinski definition) is 9. The van der Waals surface area contributed by atoms with E-state index in [-0.39, 0.29) is 12.1 Å². The smallest absolute Gasteiger partial charge is 0.227 e. The van der Waals surface area contributed by atoms with Crippen LogP contribution in [0.1, 0.15) is 42.6 Å². The zero-order valence-corrected chi connectivity index (χ0v) is 20.2. The molecule has 3 atom stereocenters. The number of aliphatic hydroxyl groups is 1. The second-order valence-electron chi connectivity index (χ2n) is 10.7. The summed E-state index contributed by atoms with van der Waals surface area (Å²) in [4.78, 5) is 24.7. The van der Waals surface area contributed by atoms with Crippen molar-refractivity contribution in [1.29, 1.82) is 0 Å². The maximum atomic E-state index is 12.9. The fourth-order valence-corrected chi connectivity index (χ4v) is 7.51. The third kappa shape index (κ3) is 3.32. The summed E-state index contributed by atoms with van der Waals surface area (Å²) in [6.07, 6.45) is 8.84. The number of hydrogen-bond donors (Lipinski definition) is 2. The van der Waals surface area contributed by atoms with Gasteiger partial charge in [-0.3, -0.25) is 4.21 Å². The average Bonchev–Trinajstić information content (AvgIpc) is 3.36. The van der Waals surface area contributed by atoms with Crippen LogP contribution >= 0.6 is 0 Å². The molecule has 2 aromatic heterocycles. The standard InChI is InChI=1S/C24H31N7O2S/c32-14-24(6-2-7-24)29-21-20-19(3-1-8-34(20)33)27-23(28-21)31-12-16-10-30(11-17(16)13-31)22-25-9-15-4-5-18(15)26-22/h9,16-17,32H,1-8,10-14H2,(H,27,28,29)/t16?,17?,34-/m1/s1. The average molecular weight is 482 g/mol. The summed E-state index contributed by atoms with van der Waals surface area (Å²) in [5, 5.41) is 13.5. The van der Waals surface area contributed by atoms with Gasteiger partial charge in [0.2, 0.25) is 11.9 Å². The molecule has 2 N–H and O–H groups in total. The number of anilines is 3. The molecule has 7 rings (SSSR count). The number of aromatic nitrogens is 4. The molecule has 1 saturated carbocycles. The molecule has 5 aliphatic rings. The van der Waals surface area contributed by atoms with Crippen LogP contribution in [0.4, 0.5) is 17.7 Å². The molecule has 10 heteroatoms. The lowest BCUT2D eigenvalue weighted by Crippen LogP contribution is -2.49. The Hall–Kier alpha value is -2.33. The van der Waals surface area contributed by atoms with Gasteiger partial charge in [0.05, 0.1) is 28.6 Å². The highest BCUT2D eigenvalue weighted by molar-refractivity contribution is 7.85. The van der Waals surface area contributed by atoms with E-state index in [2.05, 4.69) is 20.1 Å². The summed E-state index contributed by atoms with van der Waals surface area (Å²) in [6, 6.07) is 0. The Balaban J connectivity index is 1.13. The predicted molar refractivity (Wildman–Crippen MR) is 130 cm³/mol. The van der Waals surface area contributed by atoms with Crippen LogP contribution in [0.5, 0.6) is 0 Å². The van der Waals surface area contributed by atoms with E-state index >= 15 is 0 Å². The van der Waals surface area contributed by atoms with Crippen molar-refractivity contribution in [2.24, 2.45) is 11.8 Å². The Morgan fingerprint density at radius 3 is 2.32 bits per heavy atom. The lowest BCUT2D eigenvalue weighted by Gasteiger charge is -2.42. The van der Waals surface area contributed by atoms with Gasteiger partial charge in [0, 0.05) is 55.7 Å². The van der Waals surface area contributed by atoms with Gasteiger partial charge in [-0.2, -0.15) is 4.98 Å². The zero-order chi connectivity index (χ0) is 22.9. The molecule has 5 heterocycles. The van der Waals surface area contributed by atoms with Crippen LogP contribution in [0.25, 0.3) is 0 Å². The Morgan fingerprint density at radius 2 is 1.71 bits per heavy atom. The number of aliphatic hydroxyl groups excluding tert-OH is 1. The van der Waals surface area contributed by atoms with Crippen molar-refractivity contribution in [2.45, 2.75) is 55.4 Å². The first-order chi connectivity index (χ1) is 16.6. The molecule has 3 fully saturated rings. The van der Waals surface area contributed by atoms with Crippen LogP contribution in [-0.2, 0) is 30.1 Å². The Kier molecular flexibility index (Phi) is 4.84.